The van der Waals surface area contributed by atoms with Gasteiger partial charge < -0.3 is 27.8 Å². The third kappa shape index (κ3) is 13.8. The normalized spacial score (nSPS) is 13.9. The number of carbonyl (C=O) groups excluding carboxylic acids is 3. The van der Waals surface area contributed by atoms with Crippen molar-refractivity contribution >= 4 is 17.6 Å². The maximum absolute atomic E-state index is 12.1. The zero-order valence-electron chi connectivity index (χ0n) is 17.5. The average Bonchev–Trinajstić information content (AvgIpc) is 2.69. The van der Waals surface area contributed by atoms with E-state index in [2.05, 4.69) is 15.8 Å². The van der Waals surface area contributed by atoms with Crippen LogP contribution in [-0.4, -0.2) is 55.4 Å². The Bertz CT molecular complexity index is 503. The second kappa shape index (κ2) is 17.0. The Labute approximate surface area is 173 Å². The van der Waals surface area contributed by atoms with Gasteiger partial charge in [-0.1, -0.05) is 11.6 Å². The van der Waals surface area contributed by atoms with E-state index in [1.807, 2.05) is 0 Å². The average molecular weight is 415 g/mol. The van der Waals surface area contributed by atoms with E-state index in [-0.39, 0.29) is 24.1 Å². The van der Waals surface area contributed by atoms with E-state index in [0.29, 0.717) is 58.0 Å². The number of nitrogens with one attached hydrogen (secondary N) is 2. The highest BCUT2D eigenvalue weighted by Gasteiger charge is 2.20. The number of nitrogens with zero attached hydrogens (tertiary/aromatic N) is 1. The van der Waals surface area contributed by atoms with Crippen molar-refractivity contribution in [1.29, 1.82) is 0 Å². The topological polar surface area (TPSA) is 183 Å². The molecule has 29 heavy (non-hydrogen) atoms. The van der Waals surface area contributed by atoms with Crippen molar-refractivity contribution in [3.05, 3.63) is 4.91 Å². The van der Waals surface area contributed by atoms with Gasteiger partial charge in [-0.2, -0.15) is 4.91 Å². The quantitative estimate of drug-likeness (QED) is 0.155. The van der Waals surface area contributed by atoms with E-state index >= 15 is 0 Å². The highest BCUT2D eigenvalue weighted by Crippen LogP contribution is 2.05. The number of unbranched alkanes of at least 4 members (excludes halogenated alkanes) is 3. The van der Waals surface area contributed by atoms with Crippen LogP contribution < -0.4 is 27.8 Å². The van der Waals surface area contributed by atoms with Gasteiger partial charge in [0.2, 0.25) is 11.8 Å². The van der Waals surface area contributed by atoms with Gasteiger partial charge in [0.25, 0.3) is 0 Å². The van der Waals surface area contributed by atoms with Crippen LogP contribution in [-0.2, 0) is 14.4 Å². The molecule has 0 spiro atoms. The lowest BCUT2D eigenvalue weighted by atomic mass is 10.0. The molecule has 10 heteroatoms. The maximum atomic E-state index is 12.1. The summed E-state index contributed by atoms with van der Waals surface area (Å²) in [4.78, 5) is 45.8. The van der Waals surface area contributed by atoms with Crippen molar-refractivity contribution in [2.24, 2.45) is 22.4 Å². The van der Waals surface area contributed by atoms with Gasteiger partial charge in [-0.05, 0) is 64.8 Å². The summed E-state index contributed by atoms with van der Waals surface area (Å²) in [7, 11) is 0. The number of rotatable bonds is 18. The molecule has 0 aromatic carbocycles. The molecular formula is C19H38N6O4. The van der Waals surface area contributed by atoms with Crippen LogP contribution in [0.25, 0.3) is 0 Å². The molecule has 0 saturated carbocycles. The van der Waals surface area contributed by atoms with Crippen LogP contribution in [0.1, 0.15) is 64.7 Å². The highest BCUT2D eigenvalue weighted by atomic mass is 16.3. The number of nitroso groups, excluding NO2 is 1. The Morgan fingerprint density at radius 1 is 0.862 bits per heavy atom. The van der Waals surface area contributed by atoms with Crippen molar-refractivity contribution in [1.82, 2.24) is 10.6 Å². The minimum Gasteiger partial charge on any atom is -0.355 e. The van der Waals surface area contributed by atoms with Gasteiger partial charge in [-0.15, -0.1) is 0 Å². The van der Waals surface area contributed by atoms with E-state index in [1.165, 1.54) is 6.92 Å². The van der Waals surface area contributed by atoms with E-state index < -0.39 is 18.1 Å². The molecule has 2 amide bonds. The molecule has 0 aromatic heterocycles. The zero-order valence-corrected chi connectivity index (χ0v) is 17.5. The molecule has 0 saturated heterocycles. The summed E-state index contributed by atoms with van der Waals surface area (Å²) < 4.78 is 0. The second-order valence-electron chi connectivity index (χ2n) is 7.30. The Balaban J connectivity index is 4.09. The number of hydrogen-bond donors (Lipinski definition) is 5. The van der Waals surface area contributed by atoms with E-state index in [0.717, 1.165) is 12.8 Å². The minimum absolute atomic E-state index is 0.137. The number of hydrogen-bond acceptors (Lipinski definition) is 8. The van der Waals surface area contributed by atoms with Crippen LogP contribution in [0, 0.1) is 4.91 Å². The first-order valence-corrected chi connectivity index (χ1v) is 10.4. The Morgan fingerprint density at radius 3 is 2.03 bits per heavy atom. The smallest absolute Gasteiger partial charge is 0.237 e. The largest absolute Gasteiger partial charge is 0.355 e. The number of ketones is 1. The Kier molecular flexibility index (Phi) is 15.9. The second-order valence-corrected chi connectivity index (χ2v) is 7.30. The molecular weight excluding hydrogens is 376 g/mol. The molecule has 0 heterocycles. The van der Waals surface area contributed by atoms with Crippen LogP contribution in [0.2, 0.25) is 0 Å². The summed E-state index contributed by atoms with van der Waals surface area (Å²) in [6, 6.07) is -1.85. The van der Waals surface area contributed by atoms with Crippen molar-refractivity contribution in [3.8, 4) is 0 Å². The van der Waals surface area contributed by atoms with Crippen LogP contribution >= 0.6 is 0 Å². The monoisotopic (exact) mass is 414 g/mol. The fourth-order valence-electron chi connectivity index (χ4n) is 2.78. The lowest BCUT2D eigenvalue weighted by molar-refractivity contribution is -0.128. The van der Waals surface area contributed by atoms with Gasteiger partial charge in [-0.3, -0.25) is 14.4 Å². The van der Waals surface area contributed by atoms with Crippen LogP contribution in [0.4, 0.5) is 0 Å². The maximum Gasteiger partial charge on any atom is 0.237 e. The van der Waals surface area contributed by atoms with Crippen molar-refractivity contribution < 1.29 is 14.4 Å². The zero-order chi connectivity index (χ0) is 22.1. The van der Waals surface area contributed by atoms with Gasteiger partial charge in [0, 0.05) is 6.54 Å². The fraction of sp³-hybridized carbons (Fsp3) is 0.842. The first-order valence-electron chi connectivity index (χ1n) is 10.4. The summed E-state index contributed by atoms with van der Waals surface area (Å²) in [6.07, 6.45) is 5.72. The van der Waals surface area contributed by atoms with E-state index in [4.69, 9.17) is 17.2 Å². The summed E-state index contributed by atoms with van der Waals surface area (Å²) in [5, 5.41) is 8.24. The van der Waals surface area contributed by atoms with Gasteiger partial charge in [0.05, 0.1) is 24.7 Å². The minimum atomic E-state index is -0.719. The SMILES string of the molecule is CC(=O)C(CCCCNC(=O)C(N)CCCCN)NC(=O)C(N)CCCCN=O. The lowest BCUT2D eigenvalue weighted by Gasteiger charge is -2.19. The molecule has 3 unspecified atom stereocenters. The first-order chi connectivity index (χ1) is 13.8. The first kappa shape index (κ1) is 27.1. The van der Waals surface area contributed by atoms with Crippen LogP contribution in [0.5, 0.6) is 0 Å². The molecule has 168 valence electrons. The van der Waals surface area contributed by atoms with Gasteiger partial charge in [0.1, 0.15) is 0 Å². The molecule has 0 aliphatic carbocycles. The van der Waals surface area contributed by atoms with Crippen LogP contribution in [0.15, 0.2) is 5.18 Å². The summed E-state index contributed by atoms with van der Waals surface area (Å²) in [5.41, 5.74) is 17.1. The summed E-state index contributed by atoms with van der Waals surface area (Å²) >= 11 is 0. The van der Waals surface area contributed by atoms with E-state index in [1.54, 1.807) is 0 Å². The fourth-order valence-corrected chi connectivity index (χ4v) is 2.78. The number of carbonyl (C=O) groups is 3. The summed E-state index contributed by atoms with van der Waals surface area (Å²) in [6.45, 7) is 2.69. The van der Waals surface area contributed by atoms with Crippen molar-refractivity contribution in [2.45, 2.75) is 82.8 Å². The van der Waals surface area contributed by atoms with Crippen molar-refractivity contribution in [3.63, 3.8) is 0 Å². The lowest BCUT2D eigenvalue weighted by Crippen LogP contribution is -2.48. The number of amides is 2. The molecule has 3 atom stereocenters. The van der Waals surface area contributed by atoms with Gasteiger partial charge >= 0.3 is 0 Å². The molecule has 0 fully saturated rings. The highest BCUT2D eigenvalue weighted by molar-refractivity contribution is 5.89. The predicted octanol–water partition coefficient (Wildman–Crippen LogP) is 0.0670. The molecule has 10 nitrogen and oxygen atoms in total. The van der Waals surface area contributed by atoms with Gasteiger partial charge in [0.15, 0.2) is 5.78 Å². The Hall–Kier alpha value is -1.91. The summed E-state index contributed by atoms with van der Waals surface area (Å²) in [5.74, 6) is -0.697. The number of nitrogens with two attached hydrogens (primary N) is 3. The predicted molar refractivity (Wildman–Crippen MR) is 113 cm³/mol. The molecule has 0 bridgehead atoms. The molecule has 0 aliphatic heterocycles. The van der Waals surface area contributed by atoms with E-state index in [9.17, 15) is 19.3 Å². The standard InChI is InChI=1S/C19H38N6O4/c1-14(26)17(25-19(28)16(22)9-3-7-13-24-29)10-4-6-12-23-18(27)15(21)8-2-5-11-20/h15-17H,2-13,20-22H2,1H3,(H,23,27)(H,25,28). The Morgan fingerprint density at radius 2 is 1.45 bits per heavy atom. The molecule has 0 radical (unpaired) electrons. The molecule has 8 N–H and O–H groups in total. The molecule has 0 aliphatic rings. The number of Topliss-reactive ketones (excluding diaryl/α,β-unsaturated/α-hetero) is 1. The molecule has 0 rings (SSSR count). The van der Waals surface area contributed by atoms with Gasteiger partial charge in [-0.25, -0.2) is 0 Å². The third-order valence-electron chi connectivity index (χ3n) is 4.68. The third-order valence-corrected chi connectivity index (χ3v) is 4.68. The molecule has 0 aromatic rings. The van der Waals surface area contributed by atoms with Crippen LogP contribution in [0.3, 0.4) is 0 Å². The van der Waals surface area contributed by atoms with Crippen molar-refractivity contribution in [2.75, 3.05) is 19.6 Å².